The van der Waals surface area contributed by atoms with E-state index in [1.54, 1.807) is 20.9 Å². The van der Waals surface area contributed by atoms with Crippen LogP contribution in [-0.2, 0) is 7.05 Å². The second-order valence-electron chi connectivity index (χ2n) is 4.45. The number of nitro groups is 1. The number of aromatic nitrogens is 1. The Hall–Kier alpha value is -1.89. The fraction of sp³-hybridized carbons (Fsp3) is 0.500. The third kappa shape index (κ3) is 3.56. The number of amides is 1. The van der Waals surface area contributed by atoms with E-state index in [-0.39, 0.29) is 17.9 Å². The number of hydrogen-bond donors (Lipinski definition) is 2. The van der Waals surface area contributed by atoms with Crippen molar-refractivity contribution in [3.05, 3.63) is 28.1 Å². The minimum absolute atomic E-state index is 0.0742. The first-order valence-electron chi connectivity index (χ1n) is 5.02. The number of nitrogens with zero attached hydrogens (tertiary/aromatic N) is 2. The summed E-state index contributed by atoms with van der Waals surface area (Å²) >= 11 is 0. The Kier molecular flexibility index (Phi) is 3.52. The quantitative estimate of drug-likeness (QED) is 0.590. The minimum atomic E-state index is -1.02. The van der Waals surface area contributed by atoms with Gasteiger partial charge in [-0.15, -0.1) is 0 Å². The first-order valence-corrected chi connectivity index (χ1v) is 5.02. The maximum absolute atomic E-state index is 11.7. The molecule has 17 heavy (non-hydrogen) atoms. The Labute approximate surface area is 98.2 Å². The highest BCUT2D eigenvalue weighted by atomic mass is 16.6. The maximum Gasteiger partial charge on any atom is 0.287 e. The van der Waals surface area contributed by atoms with E-state index in [1.165, 1.54) is 16.8 Å². The van der Waals surface area contributed by atoms with Gasteiger partial charge in [-0.1, -0.05) is 0 Å². The number of rotatable bonds is 4. The molecule has 0 aliphatic rings. The lowest BCUT2D eigenvalue weighted by Crippen LogP contribution is -2.38. The molecule has 0 radical (unpaired) electrons. The lowest BCUT2D eigenvalue weighted by Gasteiger charge is -2.17. The van der Waals surface area contributed by atoms with Gasteiger partial charge in [-0.3, -0.25) is 14.9 Å². The van der Waals surface area contributed by atoms with Crippen LogP contribution in [0, 0.1) is 10.1 Å². The highest BCUT2D eigenvalue weighted by Crippen LogP contribution is 2.15. The third-order valence-electron chi connectivity index (χ3n) is 2.12. The molecule has 0 aliphatic heterocycles. The van der Waals surface area contributed by atoms with Crippen molar-refractivity contribution >= 4 is 11.6 Å². The molecule has 1 aromatic rings. The molecule has 1 amide bonds. The molecule has 0 unspecified atom stereocenters. The molecular weight excluding hydrogens is 226 g/mol. The largest absolute Gasteiger partial charge is 0.389 e. The number of aliphatic hydroxyl groups is 1. The summed E-state index contributed by atoms with van der Waals surface area (Å²) in [6.07, 6.45) is 1.26. The Morgan fingerprint density at radius 1 is 1.65 bits per heavy atom. The van der Waals surface area contributed by atoms with Gasteiger partial charge in [0.15, 0.2) is 0 Å². The summed E-state index contributed by atoms with van der Waals surface area (Å²) in [4.78, 5) is 21.6. The van der Waals surface area contributed by atoms with Crippen LogP contribution in [0.4, 0.5) is 5.69 Å². The van der Waals surface area contributed by atoms with E-state index in [4.69, 9.17) is 0 Å². The number of carbonyl (C=O) groups is 1. The highest BCUT2D eigenvalue weighted by Gasteiger charge is 2.19. The smallest absolute Gasteiger partial charge is 0.287 e. The Bertz CT molecular complexity index is 445. The topological polar surface area (TPSA) is 97.4 Å². The van der Waals surface area contributed by atoms with Gasteiger partial charge in [0, 0.05) is 19.7 Å². The van der Waals surface area contributed by atoms with Gasteiger partial charge in [0.1, 0.15) is 5.69 Å². The average molecular weight is 241 g/mol. The first-order chi connectivity index (χ1) is 7.70. The lowest BCUT2D eigenvalue weighted by molar-refractivity contribution is -0.384. The summed E-state index contributed by atoms with van der Waals surface area (Å²) in [6.45, 7) is 3.19. The molecule has 1 aromatic heterocycles. The minimum Gasteiger partial charge on any atom is -0.389 e. The fourth-order valence-electron chi connectivity index (χ4n) is 1.26. The molecule has 0 aliphatic carbocycles. The van der Waals surface area contributed by atoms with Crippen molar-refractivity contribution in [3.8, 4) is 0 Å². The lowest BCUT2D eigenvalue weighted by atomic mass is 10.1. The summed E-state index contributed by atoms with van der Waals surface area (Å²) < 4.78 is 1.37. The van der Waals surface area contributed by atoms with Gasteiger partial charge in [-0.25, -0.2) is 0 Å². The van der Waals surface area contributed by atoms with E-state index < -0.39 is 16.4 Å². The summed E-state index contributed by atoms with van der Waals surface area (Å²) in [5, 5.41) is 22.5. The third-order valence-corrected chi connectivity index (χ3v) is 2.12. The SMILES string of the molecule is Cn1cc([N+](=O)[O-])cc1C(=O)NCC(C)(C)O. The van der Waals surface area contributed by atoms with Crippen molar-refractivity contribution in [3.63, 3.8) is 0 Å². The van der Waals surface area contributed by atoms with E-state index in [0.29, 0.717) is 0 Å². The Morgan fingerprint density at radius 3 is 2.65 bits per heavy atom. The number of carbonyl (C=O) groups excluding carboxylic acids is 1. The predicted octanol–water partition coefficient (Wildman–Crippen LogP) is 0.434. The van der Waals surface area contributed by atoms with Crippen LogP contribution in [0.5, 0.6) is 0 Å². The van der Waals surface area contributed by atoms with Crippen LogP contribution in [0.25, 0.3) is 0 Å². The molecule has 0 aromatic carbocycles. The highest BCUT2D eigenvalue weighted by molar-refractivity contribution is 5.93. The van der Waals surface area contributed by atoms with Crippen LogP contribution in [0.2, 0.25) is 0 Å². The zero-order valence-electron chi connectivity index (χ0n) is 9.93. The molecule has 0 saturated carbocycles. The van der Waals surface area contributed by atoms with Gasteiger partial charge in [0.05, 0.1) is 16.7 Å². The van der Waals surface area contributed by atoms with Crippen molar-refractivity contribution in [2.24, 2.45) is 7.05 Å². The van der Waals surface area contributed by atoms with Gasteiger partial charge >= 0.3 is 0 Å². The Morgan fingerprint density at radius 2 is 2.24 bits per heavy atom. The van der Waals surface area contributed by atoms with Crippen LogP contribution in [0.1, 0.15) is 24.3 Å². The van der Waals surface area contributed by atoms with Gasteiger partial charge in [-0.2, -0.15) is 0 Å². The van der Waals surface area contributed by atoms with Gasteiger partial charge in [0.25, 0.3) is 11.6 Å². The second-order valence-corrected chi connectivity index (χ2v) is 4.45. The van der Waals surface area contributed by atoms with E-state index in [0.717, 1.165) is 0 Å². The average Bonchev–Trinajstić information content (AvgIpc) is 2.56. The summed E-state index contributed by atoms with van der Waals surface area (Å²) in [6, 6.07) is 1.19. The molecule has 0 atom stereocenters. The molecule has 0 spiro atoms. The van der Waals surface area contributed by atoms with E-state index >= 15 is 0 Å². The molecule has 7 heteroatoms. The standard InChI is InChI=1S/C10H15N3O4/c1-10(2,15)6-11-9(14)8-4-7(13(16)17)5-12(8)3/h4-5,15H,6H2,1-3H3,(H,11,14). The fourth-order valence-corrected chi connectivity index (χ4v) is 1.26. The van der Waals surface area contributed by atoms with Gasteiger partial charge < -0.3 is 15.0 Å². The van der Waals surface area contributed by atoms with E-state index in [2.05, 4.69) is 5.32 Å². The first kappa shape index (κ1) is 13.2. The van der Waals surface area contributed by atoms with Crippen LogP contribution in [0.3, 0.4) is 0 Å². The van der Waals surface area contributed by atoms with Gasteiger partial charge in [0.2, 0.25) is 0 Å². The van der Waals surface area contributed by atoms with Crippen LogP contribution in [-0.4, -0.2) is 32.6 Å². The molecule has 7 nitrogen and oxygen atoms in total. The van der Waals surface area contributed by atoms with Gasteiger partial charge in [-0.05, 0) is 13.8 Å². The number of hydrogen-bond acceptors (Lipinski definition) is 4. The Balaban J connectivity index is 2.79. The molecule has 1 rings (SSSR count). The molecule has 0 saturated heterocycles. The molecule has 2 N–H and O–H groups in total. The molecular formula is C10H15N3O4. The second kappa shape index (κ2) is 4.54. The molecule has 94 valence electrons. The summed E-state index contributed by atoms with van der Waals surface area (Å²) in [5.41, 5.74) is -0.978. The normalized spacial score (nSPS) is 11.3. The van der Waals surface area contributed by atoms with Crippen molar-refractivity contribution < 1.29 is 14.8 Å². The maximum atomic E-state index is 11.7. The van der Waals surface area contributed by atoms with Crippen molar-refractivity contribution in [1.82, 2.24) is 9.88 Å². The van der Waals surface area contributed by atoms with Crippen LogP contribution < -0.4 is 5.32 Å². The zero-order valence-corrected chi connectivity index (χ0v) is 9.93. The van der Waals surface area contributed by atoms with E-state index in [9.17, 15) is 20.0 Å². The zero-order chi connectivity index (χ0) is 13.2. The molecule has 0 fully saturated rings. The number of nitrogens with one attached hydrogen (secondary N) is 1. The van der Waals surface area contributed by atoms with Crippen LogP contribution >= 0.6 is 0 Å². The van der Waals surface area contributed by atoms with Crippen molar-refractivity contribution in [2.45, 2.75) is 19.4 Å². The van der Waals surface area contributed by atoms with Crippen molar-refractivity contribution in [2.75, 3.05) is 6.54 Å². The summed E-state index contributed by atoms with van der Waals surface area (Å²) in [5.74, 6) is -0.456. The summed E-state index contributed by atoms with van der Waals surface area (Å²) in [7, 11) is 1.55. The van der Waals surface area contributed by atoms with Crippen molar-refractivity contribution in [1.29, 1.82) is 0 Å². The van der Waals surface area contributed by atoms with Crippen LogP contribution in [0.15, 0.2) is 12.3 Å². The predicted molar refractivity (Wildman–Crippen MR) is 60.7 cm³/mol. The monoisotopic (exact) mass is 241 g/mol. The molecule has 0 bridgehead atoms. The molecule has 1 heterocycles. The number of aryl methyl sites for hydroxylation is 1. The van der Waals surface area contributed by atoms with E-state index in [1.807, 2.05) is 0 Å².